The van der Waals surface area contributed by atoms with E-state index in [0.29, 0.717) is 28.0 Å². The van der Waals surface area contributed by atoms with Crippen LogP contribution in [0.2, 0.25) is 10.0 Å². The van der Waals surface area contributed by atoms with Gasteiger partial charge in [0, 0.05) is 15.6 Å². The van der Waals surface area contributed by atoms with Crippen LogP contribution in [0.1, 0.15) is 22.3 Å². The first-order valence-corrected chi connectivity index (χ1v) is 10.1. The minimum absolute atomic E-state index is 0.202. The van der Waals surface area contributed by atoms with E-state index < -0.39 is 0 Å². The summed E-state index contributed by atoms with van der Waals surface area (Å²) >= 11 is 15.4. The Balaban J connectivity index is 1.67. The highest BCUT2D eigenvalue weighted by atomic mass is 79.9. The minimum Gasteiger partial charge on any atom is -0.488 e. The molecule has 0 fully saturated rings. The number of halogens is 3. The number of hydrogen-bond acceptors (Lipinski definition) is 4. The zero-order valence-electron chi connectivity index (χ0n) is 15.1. The topological polar surface area (TPSA) is 54.6 Å². The van der Waals surface area contributed by atoms with Crippen LogP contribution in [0.4, 0.5) is 0 Å². The number of rotatable bonds is 7. The molecule has 0 aliphatic carbocycles. The van der Waals surface area contributed by atoms with Crippen molar-refractivity contribution in [2.75, 3.05) is 0 Å². The second-order valence-corrected chi connectivity index (χ2v) is 7.73. The normalized spacial score (nSPS) is 10.7. The van der Waals surface area contributed by atoms with Crippen molar-refractivity contribution in [3.8, 4) is 11.8 Å². The Morgan fingerprint density at radius 3 is 2.62 bits per heavy atom. The van der Waals surface area contributed by atoms with Gasteiger partial charge >= 0.3 is 0 Å². The molecule has 29 heavy (non-hydrogen) atoms. The van der Waals surface area contributed by atoms with E-state index in [1.54, 1.807) is 24.4 Å². The van der Waals surface area contributed by atoms with Crippen LogP contribution < -0.4 is 4.74 Å². The Labute approximate surface area is 187 Å². The summed E-state index contributed by atoms with van der Waals surface area (Å²) in [7, 11) is 0. The third kappa shape index (κ3) is 5.98. The molecule has 0 radical (unpaired) electrons. The monoisotopic (exact) mass is 488 g/mol. The summed E-state index contributed by atoms with van der Waals surface area (Å²) in [4.78, 5) is 5.37. The van der Waals surface area contributed by atoms with Crippen LogP contribution in [0.15, 0.2) is 70.3 Å². The SMILES string of the molecule is N#Cc1ccccc1CO/N=C\c1cc(Br)ccc1OCc1ccc(Cl)c(Cl)c1. The summed E-state index contributed by atoms with van der Waals surface area (Å²) in [6.45, 7) is 0.531. The number of ether oxygens (including phenoxy) is 1. The molecule has 0 spiro atoms. The van der Waals surface area contributed by atoms with Crippen molar-refractivity contribution >= 4 is 45.3 Å². The van der Waals surface area contributed by atoms with Crippen LogP contribution in [0.25, 0.3) is 0 Å². The summed E-state index contributed by atoms with van der Waals surface area (Å²) in [5.41, 5.74) is 2.98. The lowest BCUT2D eigenvalue weighted by Gasteiger charge is -2.10. The lowest BCUT2D eigenvalue weighted by atomic mass is 10.1. The van der Waals surface area contributed by atoms with Crippen molar-refractivity contribution in [2.45, 2.75) is 13.2 Å². The van der Waals surface area contributed by atoms with Crippen molar-refractivity contribution < 1.29 is 9.57 Å². The average molecular weight is 490 g/mol. The Bertz CT molecular complexity index is 1080. The van der Waals surface area contributed by atoms with Crippen molar-refractivity contribution in [3.05, 3.63) is 97.4 Å². The molecule has 3 aromatic carbocycles. The first kappa shape index (κ1) is 21.2. The molecule has 0 amide bonds. The minimum atomic E-state index is 0.202. The van der Waals surface area contributed by atoms with Gasteiger partial charge in [-0.25, -0.2) is 0 Å². The number of nitrogens with zero attached hydrogens (tertiary/aromatic N) is 2. The standard InChI is InChI=1S/C22H15BrCl2N2O2/c23-19-6-8-22(28-13-15-5-7-20(24)21(25)9-15)18(10-19)12-27-29-14-17-4-2-1-3-16(17)11-26/h1-10,12H,13-14H2/b27-12-. The maximum Gasteiger partial charge on any atom is 0.143 e. The van der Waals surface area contributed by atoms with Crippen LogP contribution in [0.5, 0.6) is 5.75 Å². The van der Waals surface area contributed by atoms with Crippen molar-refractivity contribution in [3.63, 3.8) is 0 Å². The molecule has 0 aliphatic heterocycles. The van der Waals surface area contributed by atoms with Gasteiger partial charge in [-0.3, -0.25) is 0 Å². The van der Waals surface area contributed by atoms with Crippen molar-refractivity contribution in [2.24, 2.45) is 5.16 Å². The summed E-state index contributed by atoms with van der Waals surface area (Å²) in [5.74, 6) is 0.643. The number of nitriles is 1. The highest BCUT2D eigenvalue weighted by molar-refractivity contribution is 9.10. The van der Waals surface area contributed by atoms with E-state index in [1.807, 2.05) is 42.5 Å². The third-order valence-electron chi connectivity index (χ3n) is 3.97. The molecule has 3 rings (SSSR count). The molecule has 0 heterocycles. The molecule has 4 nitrogen and oxygen atoms in total. The zero-order chi connectivity index (χ0) is 20.6. The molecule has 0 N–H and O–H groups in total. The van der Waals surface area contributed by atoms with Gasteiger partial charge in [0.25, 0.3) is 0 Å². The van der Waals surface area contributed by atoms with Crippen LogP contribution in [0.3, 0.4) is 0 Å². The van der Waals surface area contributed by atoms with E-state index in [1.165, 1.54) is 0 Å². The predicted molar refractivity (Wildman–Crippen MR) is 118 cm³/mol. The number of oxime groups is 1. The molecule has 0 atom stereocenters. The largest absolute Gasteiger partial charge is 0.488 e. The van der Waals surface area contributed by atoms with Gasteiger partial charge in [-0.15, -0.1) is 0 Å². The van der Waals surface area contributed by atoms with E-state index in [9.17, 15) is 0 Å². The molecule has 7 heteroatoms. The Hall–Kier alpha value is -2.52. The highest BCUT2D eigenvalue weighted by Gasteiger charge is 2.06. The second kappa shape index (κ2) is 10.3. The quantitative estimate of drug-likeness (QED) is 0.272. The fourth-order valence-electron chi connectivity index (χ4n) is 2.50. The second-order valence-electron chi connectivity index (χ2n) is 6.00. The molecular formula is C22H15BrCl2N2O2. The van der Waals surface area contributed by atoms with Gasteiger partial charge in [-0.05, 0) is 42.0 Å². The fourth-order valence-corrected chi connectivity index (χ4v) is 3.20. The number of benzene rings is 3. The van der Waals surface area contributed by atoms with E-state index >= 15 is 0 Å². The fraction of sp³-hybridized carbons (Fsp3) is 0.0909. The lowest BCUT2D eigenvalue weighted by Crippen LogP contribution is -1.99. The third-order valence-corrected chi connectivity index (χ3v) is 5.21. The first-order chi connectivity index (χ1) is 14.1. The molecule has 3 aromatic rings. The highest BCUT2D eigenvalue weighted by Crippen LogP contribution is 2.25. The van der Waals surface area contributed by atoms with Crippen LogP contribution in [-0.2, 0) is 18.1 Å². The smallest absolute Gasteiger partial charge is 0.143 e. The summed E-state index contributed by atoms with van der Waals surface area (Å²) < 4.78 is 6.80. The Kier molecular flexibility index (Phi) is 7.54. The Morgan fingerprint density at radius 2 is 1.83 bits per heavy atom. The van der Waals surface area contributed by atoms with Gasteiger partial charge in [-0.1, -0.05) is 68.6 Å². The van der Waals surface area contributed by atoms with Crippen LogP contribution in [-0.4, -0.2) is 6.21 Å². The summed E-state index contributed by atoms with van der Waals surface area (Å²) in [5, 5.41) is 14.1. The molecular weight excluding hydrogens is 475 g/mol. The van der Waals surface area contributed by atoms with Gasteiger partial charge < -0.3 is 9.57 Å². The van der Waals surface area contributed by atoms with Gasteiger partial charge in [0.1, 0.15) is 19.0 Å². The van der Waals surface area contributed by atoms with Crippen LogP contribution in [0, 0.1) is 11.3 Å². The maximum absolute atomic E-state index is 9.12. The van der Waals surface area contributed by atoms with Gasteiger partial charge in [0.2, 0.25) is 0 Å². The molecule has 0 bridgehead atoms. The maximum atomic E-state index is 9.12. The van der Waals surface area contributed by atoms with E-state index in [0.717, 1.165) is 21.2 Å². The molecule has 0 aliphatic rings. The number of hydrogen-bond donors (Lipinski definition) is 0. The van der Waals surface area contributed by atoms with E-state index in [2.05, 4.69) is 27.2 Å². The van der Waals surface area contributed by atoms with Gasteiger partial charge in [0.05, 0.1) is 27.9 Å². The molecule has 0 aromatic heterocycles. The van der Waals surface area contributed by atoms with E-state index in [-0.39, 0.29) is 6.61 Å². The van der Waals surface area contributed by atoms with E-state index in [4.69, 9.17) is 38.0 Å². The predicted octanol–water partition coefficient (Wildman–Crippen LogP) is 6.76. The first-order valence-electron chi connectivity index (χ1n) is 8.56. The van der Waals surface area contributed by atoms with Crippen molar-refractivity contribution in [1.82, 2.24) is 0 Å². The summed E-state index contributed by atoms with van der Waals surface area (Å²) in [6, 6.07) is 20.3. The van der Waals surface area contributed by atoms with Gasteiger partial charge in [0.15, 0.2) is 0 Å². The molecule has 0 saturated heterocycles. The van der Waals surface area contributed by atoms with Crippen molar-refractivity contribution in [1.29, 1.82) is 5.26 Å². The summed E-state index contributed by atoms with van der Waals surface area (Å²) in [6.07, 6.45) is 1.57. The van der Waals surface area contributed by atoms with Crippen LogP contribution >= 0.6 is 39.1 Å². The van der Waals surface area contributed by atoms with Gasteiger partial charge in [-0.2, -0.15) is 5.26 Å². The molecule has 0 unspecified atom stereocenters. The lowest BCUT2D eigenvalue weighted by molar-refractivity contribution is 0.132. The average Bonchev–Trinajstić information content (AvgIpc) is 2.73. The Morgan fingerprint density at radius 1 is 1.00 bits per heavy atom. The molecule has 146 valence electrons. The molecule has 0 saturated carbocycles. The zero-order valence-corrected chi connectivity index (χ0v) is 18.2.